The van der Waals surface area contributed by atoms with Gasteiger partial charge in [-0.2, -0.15) is 0 Å². The summed E-state index contributed by atoms with van der Waals surface area (Å²) in [6.45, 7) is 4.82. The normalized spacial score (nSPS) is 8.82. The molecule has 0 fully saturated rings. The average Bonchev–Trinajstić information content (AvgIpc) is 3.27. The minimum absolute atomic E-state index is 0. The van der Waals surface area contributed by atoms with Gasteiger partial charge in [0.15, 0.2) is 0 Å². The van der Waals surface area contributed by atoms with Crippen LogP contribution in [0.4, 0.5) is 45.5 Å². The summed E-state index contributed by atoms with van der Waals surface area (Å²) in [5, 5.41) is 128. The standard InChI is InChI=1S/C9H8N2O6.C9H9NO4.C7H6N2O5.C7H8N2O3.C7H7NO3.C4H6O3.CH4.ClH.HNO3.Na.H2O/c1-4(12)10-6-3-8(13)5(9(14)15)2-7(6)11(16)17;1-5(11)10-6-2-3-7(9(13)14)8(12)4-6;8-4-2-6(10)3(7(11)12)1-5(4)9(13)14;8-4-1-3(7(11)12)6(10)2-5(4)9;8-4-1-2-5(7(10)11)6(9)3-4;1-3(5)7-4(2)6;;;2-1(3)4;;/h2-3,13H,1H3,(H,10,12)(H,14,15);2-4,12H,1H3,(H,10,11)(H,13,14);1-2,10H,8H2,(H,11,12);1-2,10H,8-9H2,(H,11,12);1-3,9H,8H2,(H,10,11);1-2H3;1H4;1H;(H,2,3,4);;1H2/q;;;;;;;;;+1;/p-1. The molecule has 0 aromatic heterocycles. The number of carboxylic acids is 5. The number of carbonyl (C=O) groups excluding carboxylic acids is 4. The second-order valence-electron chi connectivity index (χ2n) is 14.0. The first-order chi connectivity index (χ1) is 36.2. The Morgan fingerprint density at radius 2 is 0.783 bits per heavy atom. The van der Waals surface area contributed by atoms with E-state index in [0.29, 0.717) is 23.5 Å². The monoisotopic (exact) mass is 1210 g/mol. The van der Waals surface area contributed by atoms with Gasteiger partial charge in [0.05, 0.1) is 21.2 Å². The van der Waals surface area contributed by atoms with Crippen LogP contribution in [-0.2, 0) is 23.9 Å². The Morgan fingerprint density at radius 3 is 1.11 bits per heavy atom. The second-order valence-corrected chi connectivity index (χ2v) is 14.0. The van der Waals surface area contributed by atoms with Crippen LogP contribution in [0.3, 0.4) is 0 Å². The number of amides is 2. The fourth-order valence-corrected chi connectivity index (χ4v) is 4.83. The molecule has 2 amide bonds. The molecule has 0 heterocycles. The van der Waals surface area contributed by atoms with Crippen LogP contribution >= 0.6 is 12.4 Å². The second kappa shape index (κ2) is 39.4. The van der Waals surface area contributed by atoms with E-state index in [2.05, 4.69) is 15.4 Å². The number of aromatic hydroxyl groups is 5. The summed E-state index contributed by atoms with van der Waals surface area (Å²) in [7, 11) is 0. The number of rotatable bonds is 9. The van der Waals surface area contributed by atoms with Crippen molar-refractivity contribution in [3.05, 3.63) is 131 Å². The van der Waals surface area contributed by atoms with Crippen molar-refractivity contribution in [3.63, 3.8) is 0 Å². The Morgan fingerprint density at radius 1 is 0.470 bits per heavy atom. The zero-order valence-corrected chi connectivity index (χ0v) is 45.2. The van der Waals surface area contributed by atoms with E-state index in [0.717, 1.165) is 31.2 Å². The van der Waals surface area contributed by atoms with Crippen LogP contribution in [0.25, 0.3) is 0 Å². The van der Waals surface area contributed by atoms with Gasteiger partial charge in [-0.1, -0.05) is 7.43 Å². The Labute approximate surface area is 492 Å². The fraction of sp³-hybridized carbons (Fsp3) is 0.114. The number of halogens is 1. The number of carboxylic acid groups (broad SMARTS) is 5. The first-order valence-electron chi connectivity index (χ1n) is 20.1. The van der Waals surface area contributed by atoms with Crippen molar-refractivity contribution in [3.8, 4) is 28.7 Å². The molecule has 0 saturated heterocycles. The number of nitrogens with two attached hydrogens (primary N) is 4. The minimum atomic E-state index is -1.50. The van der Waals surface area contributed by atoms with Crippen LogP contribution in [0.1, 0.15) is 86.9 Å². The predicted molar refractivity (Wildman–Crippen MR) is 282 cm³/mol. The summed E-state index contributed by atoms with van der Waals surface area (Å²) in [5.74, 6) is -10.9. The van der Waals surface area contributed by atoms with E-state index in [1.165, 1.54) is 57.2 Å². The van der Waals surface area contributed by atoms with Gasteiger partial charge in [0, 0.05) is 81.5 Å². The third kappa shape index (κ3) is 31.8. The quantitative estimate of drug-likeness (QED) is 0.0187. The number of nitrogens with zero attached hydrogens (tertiary/aromatic N) is 3. The van der Waals surface area contributed by atoms with Crippen LogP contribution < -0.4 is 63.1 Å². The van der Waals surface area contributed by atoms with Crippen molar-refractivity contribution < 1.29 is 154 Å². The number of benzene rings is 5. The van der Waals surface area contributed by atoms with Gasteiger partial charge in [-0.25, -0.2) is 24.0 Å². The van der Waals surface area contributed by atoms with Gasteiger partial charge in [0.1, 0.15) is 67.9 Å². The first-order valence-corrected chi connectivity index (χ1v) is 20.1. The number of nitro benzene ring substituents is 2. The molecule has 0 atom stereocenters. The molecular formula is C44H51ClN9NaO28. The molecule has 5 aromatic rings. The molecule has 83 heavy (non-hydrogen) atoms. The fourth-order valence-electron chi connectivity index (χ4n) is 4.83. The number of ether oxygens (including phenoxy) is 1. The number of nitro groups is 2. The third-order valence-electron chi connectivity index (χ3n) is 7.94. The van der Waals surface area contributed by atoms with E-state index in [9.17, 15) is 73.6 Å². The van der Waals surface area contributed by atoms with Gasteiger partial charge in [-0.15, -0.1) is 22.5 Å². The van der Waals surface area contributed by atoms with E-state index in [-0.39, 0.29) is 117 Å². The maximum Gasteiger partial charge on any atom is 1.00 e. The van der Waals surface area contributed by atoms with Crippen molar-refractivity contribution in [2.45, 2.75) is 35.1 Å². The van der Waals surface area contributed by atoms with Crippen molar-refractivity contribution in [1.82, 2.24) is 0 Å². The molecule has 0 radical (unpaired) electrons. The number of aromatic carboxylic acids is 5. The predicted octanol–water partition coefficient (Wildman–Crippen LogP) is 1.15. The number of nitrogens with one attached hydrogen (secondary N) is 2. The number of phenols is 5. The molecule has 0 bridgehead atoms. The molecule has 0 unspecified atom stereocenters. The zero-order valence-electron chi connectivity index (χ0n) is 42.4. The number of nitrogen functional groups attached to an aromatic ring is 4. The summed E-state index contributed by atoms with van der Waals surface area (Å²) in [6.07, 6.45) is 0. The molecule has 5 aromatic carbocycles. The van der Waals surface area contributed by atoms with Crippen molar-refractivity contribution >= 4 is 112 Å². The van der Waals surface area contributed by atoms with E-state index in [4.69, 9.17) is 79.1 Å². The summed E-state index contributed by atoms with van der Waals surface area (Å²) < 4.78 is 3.97. The molecule has 37 nitrogen and oxygen atoms in total. The van der Waals surface area contributed by atoms with E-state index >= 15 is 0 Å². The smallest absolute Gasteiger partial charge is 0.870 e. The van der Waals surface area contributed by atoms with Crippen LogP contribution in [0, 0.1) is 30.3 Å². The van der Waals surface area contributed by atoms with Crippen LogP contribution in [0.15, 0.2) is 72.8 Å². The maximum absolute atomic E-state index is 10.8. The number of carbonyl (C=O) groups is 9. The largest absolute Gasteiger partial charge is 1.00 e. The van der Waals surface area contributed by atoms with Crippen molar-refractivity contribution in [2.75, 3.05) is 33.6 Å². The van der Waals surface area contributed by atoms with Gasteiger partial charge in [0.2, 0.25) is 11.8 Å². The molecule has 22 N–H and O–H groups in total. The summed E-state index contributed by atoms with van der Waals surface area (Å²) >= 11 is 0. The number of esters is 2. The molecule has 448 valence electrons. The van der Waals surface area contributed by atoms with Crippen molar-refractivity contribution in [2.24, 2.45) is 0 Å². The van der Waals surface area contributed by atoms with E-state index in [1.807, 2.05) is 0 Å². The molecule has 0 spiro atoms. The van der Waals surface area contributed by atoms with Gasteiger partial charge < -0.3 is 100 Å². The first kappa shape index (κ1) is 83.3. The Balaban J connectivity index is -0.000000212. The van der Waals surface area contributed by atoms with Crippen LogP contribution in [0.2, 0.25) is 0 Å². The molecule has 0 aliphatic rings. The van der Waals surface area contributed by atoms with Gasteiger partial charge >= 0.3 is 71.3 Å². The summed E-state index contributed by atoms with van der Waals surface area (Å²) in [5.41, 5.74) is 18.7. The van der Waals surface area contributed by atoms with Gasteiger partial charge in [0.25, 0.3) is 16.5 Å². The summed E-state index contributed by atoms with van der Waals surface area (Å²) in [6, 6.07) is 13.0. The van der Waals surface area contributed by atoms with Gasteiger partial charge in [-0.05, 0) is 30.3 Å². The van der Waals surface area contributed by atoms with Crippen molar-refractivity contribution in [1.29, 1.82) is 0 Å². The topological polar surface area (TPSA) is 673 Å². The number of hydrogen-bond acceptors (Lipinski definition) is 26. The maximum atomic E-state index is 10.8. The molecule has 0 aliphatic carbocycles. The zero-order chi connectivity index (χ0) is 61.9. The van der Waals surface area contributed by atoms with Crippen LogP contribution in [-0.4, -0.2) is 130 Å². The summed E-state index contributed by atoms with van der Waals surface area (Å²) in [4.78, 5) is 121. The number of hydrogen-bond donors (Lipinski definition) is 17. The minimum Gasteiger partial charge on any atom is -0.870 e. The Kier molecular flexibility index (Phi) is 39.5. The van der Waals surface area contributed by atoms with Gasteiger partial charge in [-0.3, -0.25) is 39.4 Å². The average molecular weight is 1210 g/mol. The number of anilines is 6. The molecule has 0 saturated carbocycles. The third-order valence-corrected chi connectivity index (χ3v) is 7.94. The Bertz CT molecular complexity index is 3130. The Hall–Kier alpha value is -11.0. The molecule has 39 heteroatoms. The SMILES string of the molecule is C.CC(=O)Nc1cc(O)c(C(=O)O)cc1[N+](=O)[O-].CC(=O)Nc1ccc(C(=O)O)c(O)c1.CC(=O)OC(C)=O.Cl.Nc1cc(O)c(C(=O)O)cc1N.Nc1cc(O)c(C(=O)O)cc1[N+](=O)[O-].Nc1ccc(C(=O)O)c(O)c1.O=[N+]([O-])O.[Na+].[OH-]. The molecular weight excluding hydrogens is 1160 g/mol. The van der Waals surface area contributed by atoms with E-state index in [1.54, 1.807) is 0 Å². The molecule has 0 aliphatic heterocycles. The van der Waals surface area contributed by atoms with E-state index < -0.39 is 96.6 Å². The molecule has 5 rings (SSSR count). The van der Waals surface area contributed by atoms with Crippen LogP contribution in [0.5, 0.6) is 28.7 Å².